The van der Waals surface area contributed by atoms with Gasteiger partial charge in [-0.15, -0.1) is 0 Å². The standard InChI is InChI=1S/C22H21FN2O3/c1-22(2,3)25-20(26)13-28-21(27)17-12-19(14-8-10-15(23)11-9-14)24-18-7-5-4-6-16(17)18/h4-12H,13H2,1-3H3,(H,25,26). The van der Waals surface area contributed by atoms with E-state index in [1.807, 2.05) is 26.8 Å². The summed E-state index contributed by atoms with van der Waals surface area (Å²) in [7, 11) is 0. The van der Waals surface area contributed by atoms with Gasteiger partial charge in [0, 0.05) is 16.5 Å². The van der Waals surface area contributed by atoms with E-state index in [1.54, 1.807) is 36.4 Å². The summed E-state index contributed by atoms with van der Waals surface area (Å²) in [5, 5.41) is 3.36. The van der Waals surface area contributed by atoms with Crippen LogP contribution in [0.15, 0.2) is 54.6 Å². The number of carbonyl (C=O) groups is 2. The van der Waals surface area contributed by atoms with Crippen LogP contribution in [0.2, 0.25) is 0 Å². The van der Waals surface area contributed by atoms with Gasteiger partial charge in [-0.05, 0) is 57.2 Å². The molecule has 28 heavy (non-hydrogen) atoms. The molecule has 6 heteroatoms. The molecule has 0 radical (unpaired) electrons. The van der Waals surface area contributed by atoms with E-state index < -0.39 is 11.5 Å². The Hall–Kier alpha value is -3.28. The van der Waals surface area contributed by atoms with Gasteiger partial charge in [-0.1, -0.05) is 18.2 Å². The first-order valence-corrected chi connectivity index (χ1v) is 8.87. The molecule has 0 atom stereocenters. The molecule has 0 fully saturated rings. The fraction of sp³-hybridized carbons (Fsp3) is 0.227. The van der Waals surface area contributed by atoms with E-state index in [-0.39, 0.29) is 18.3 Å². The lowest BCUT2D eigenvalue weighted by Gasteiger charge is -2.20. The zero-order valence-corrected chi connectivity index (χ0v) is 16.0. The Morgan fingerprint density at radius 2 is 1.75 bits per heavy atom. The Morgan fingerprint density at radius 1 is 1.07 bits per heavy atom. The predicted octanol–water partition coefficient (Wildman–Crippen LogP) is 4.11. The number of hydrogen-bond acceptors (Lipinski definition) is 4. The molecule has 5 nitrogen and oxygen atoms in total. The van der Waals surface area contributed by atoms with Crippen LogP contribution in [0.4, 0.5) is 4.39 Å². The Bertz CT molecular complexity index is 1020. The molecule has 0 bridgehead atoms. The normalized spacial score (nSPS) is 11.3. The number of nitrogens with one attached hydrogen (secondary N) is 1. The number of halogens is 1. The summed E-state index contributed by atoms with van der Waals surface area (Å²) in [4.78, 5) is 29.2. The van der Waals surface area contributed by atoms with Gasteiger partial charge in [0.2, 0.25) is 0 Å². The smallest absolute Gasteiger partial charge is 0.339 e. The molecule has 0 saturated heterocycles. The third-order valence-electron chi connectivity index (χ3n) is 3.92. The molecule has 3 aromatic rings. The summed E-state index contributed by atoms with van der Waals surface area (Å²) in [6.45, 7) is 5.16. The van der Waals surface area contributed by atoms with Gasteiger partial charge in [0.05, 0.1) is 16.8 Å². The Labute approximate surface area is 162 Å². The molecular weight excluding hydrogens is 359 g/mol. The summed E-state index contributed by atoms with van der Waals surface area (Å²) in [6.07, 6.45) is 0. The van der Waals surface area contributed by atoms with Crippen LogP contribution in [0.1, 0.15) is 31.1 Å². The number of nitrogens with zero attached hydrogens (tertiary/aromatic N) is 1. The molecule has 1 aromatic heterocycles. The zero-order chi connectivity index (χ0) is 20.3. The zero-order valence-electron chi connectivity index (χ0n) is 16.0. The molecule has 3 rings (SSSR count). The van der Waals surface area contributed by atoms with Crippen molar-refractivity contribution < 1.29 is 18.7 Å². The predicted molar refractivity (Wildman–Crippen MR) is 105 cm³/mol. The van der Waals surface area contributed by atoms with Crippen molar-refractivity contribution in [2.75, 3.05) is 6.61 Å². The first-order chi connectivity index (χ1) is 13.2. The SMILES string of the molecule is CC(C)(C)NC(=O)COC(=O)c1cc(-c2ccc(F)cc2)nc2ccccc12. The molecule has 0 spiro atoms. The van der Waals surface area contributed by atoms with Gasteiger partial charge in [-0.3, -0.25) is 4.79 Å². The first kappa shape index (κ1) is 19.5. The van der Waals surface area contributed by atoms with Crippen LogP contribution in [0, 0.1) is 5.82 Å². The summed E-state index contributed by atoms with van der Waals surface area (Å²) in [5.41, 5.74) is 1.68. The highest BCUT2D eigenvalue weighted by atomic mass is 19.1. The summed E-state index contributed by atoms with van der Waals surface area (Å²) in [6, 6.07) is 14.6. The number of aromatic nitrogens is 1. The minimum atomic E-state index is -0.619. The van der Waals surface area contributed by atoms with E-state index in [0.29, 0.717) is 27.7 Å². The maximum absolute atomic E-state index is 13.2. The van der Waals surface area contributed by atoms with E-state index in [2.05, 4.69) is 10.3 Å². The molecule has 1 heterocycles. The fourth-order valence-corrected chi connectivity index (χ4v) is 2.78. The second-order valence-corrected chi connectivity index (χ2v) is 7.45. The van der Waals surface area contributed by atoms with Crippen molar-refractivity contribution >= 4 is 22.8 Å². The maximum atomic E-state index is 13.2. The van der Waals surface area contributed by atoms with Crippen LogP contribution in [0.5, 0.6) is 0 Å². The first-order valence-electron chi connectivity index (χ1n) is 8.87. The number of fused-ring (bicyclic) bond motifs is 1. The third-order valence-corrected chi connectivity index (χ3v) is 3.92. The Morgan fingerprint density at radius 3 is 2.43 bits per heavy atom. The van der Waals surface area contributed by atoms with E-state index >= 15 is 0 Å². The number of amides is 1. The van der Waals surface area contributed by atoms with Crippen LogP contribution in [0.25, 0.3) is 22.2 Å². The highest BCUT2D eigenvalue weighted by Gasteiger charge is 2.18. The number of carbonyl (C=O) groups excluding carboxylic acids is 2. The van der Waals surface area contributed by atoms with Crippen molar-refractivity contribution in [1.29, 1.82) is 0 Å². The van der Waals surface area contributed by atoms with Crippen LogP contribution < -0.4 is 5.32 Å². The molecule has 2 aromatic carbocycles. The number of pyridine rings is 1. The average Bonchev–Trinajstić information content (AvgIpc) is 2.64. The molecule has 1 amide bonds. The summed E-state index contributed by atoms with van der Waals surface area (Å²) < 4.78 is 18.4. The lowest BCUT2D eigenvalue weighted by Crippen LogP contribution is -2.42. The van der Waals surface area contributed by atoms with Crippen molar-refractivity contribution in [3.8, 4) is 11.3 Å². The molecule has 0 aliphatic heterocycles. The number of benzene rings is 2. The van der Waals surface area contributed by atoms with Crippen molar-refractivity contribution in [2.45, 2.75) is 26.3 Å². The highest BCUT2D eigenvalue weighted by molar-refractivity contribution is 6.05. The fourth-order valence-electron chi connectivity index (χ4n) is 2.78. The quantitative estimate of drug-likeness (QED) is 0.692. The second kappa shape index (κ2) is 7.76. The lowest BCUT2D eigenvalue weighted by atomic mass is 10.0. The summed E-state index contributed by atoms with van der Waals surface area (Å²) >= 11 is 0. The van der Waals surface area contributed by atoms with Crippen LogP contribution in [-0.2, 0) is 9.53 Å². The van der Waals surface area contributed by atoms with Gasteiger partial charge in [0.15, 0.2) is 6.61 Å². The minimum absolute atomic E-state index is 0.300. The number of rotatable bonds is 4. The van der Waals surface area contributed by atoms with Crippen LogP contribution >= 0.6 is 0 Å². The number of esters is 1. The van der Waals surface area contributed by atoms with Gasteiger partial charge in [0.1, 0.15) is 5.82 Å². The van der Waals surface area contributed by atoms with Gasteiger partial charge in [-0.2, -0.15) is 0 Å². The van der Waals surface area contributed by atoms with Gasteiger partial charge in [-0.25, -0.2) is 14.2 Å². The summed E-state index contributed by atoms with van der Waals surface area (Å²) in [5.74, 6) is -1.35. The molecule has 0 saturated carbocycles. The van der Waals surface area contributed by atoms with E-state index in [4.69, 9.17) is 4.74 Å². The van der Waals surface area contributed by atoms with Crippen LogP contribution in [-0.4, -0.2) is 29.0 Å². The minimum Gasteiger partial charge on any atom is -0.452 e. The Balaban J connectivity index is 1.91. The maximum Gasteiger partial charge on any atom is 0.339 e. The van der Waals surface area contributed by atoms with Crippen molar-refractivity contribution in [1.82, 2.24) is 10.3 Å². The monoisotopic (exact) mass is 380 g/mol. The van der Waals surface area contributed by atoms with E-state index in [0.717, 1.165) is 0 Å². The van der Waals surface area contributed by atoms with Crippen molar-refractivity contribution in [3.63, 3.8) is 0 Å². The largest absolute Gasteiger partial charge is 0.452 e. The lowest BCUT2D eigenvalue weighted by molar-refractivity contribution is -0.125. The van der Waals surface area contributed by atoms with Crippen molar-refractivity contribution in [2.24, 2.45) is 0 Å². The topological polar surface area (TPSA) is 68.3 Å². The number of para-hydroxylation sites is 1. The average molecular weight is 380 g/mol. The van der Waals surface area contributed by atoms with Gasteiger partial charge >= 0.3 is 5.97 Å². The molecule has 1 N–H and O–H groups in total. The van der Waals surface area contributed by atoms with Crippen LogP contribution in [0.3, 0.4) is 0 Å². The third kappa shape index (κ3) is 4.71. The van der Waals surface area contributed by atoms with E-state index in [9.17, 15) is 14.0 Å². The number of ether oxygens (including phenoxy) is 1. The van der Waals surface area contributed by atoms with E-state index in [1.165, 1.54) is 12.1 Å². The molecule has 0 unspecified atom stereocenters. The second-order valence-electron chi connectivity index (χ2n) is 7.45. The highest BCUT2D eigenvalue weighted by Crippen LogP contribution is 2.25. The Kier molecular flexibility index (Phi) is 5.40. The van der Waals surface area contributed by atoms with Gasteiger partial charge < -0.3 is 10.1 Å². The van der Waals surface area contributed by atoms with Gasteiger partial charge in [0.25, 0.3) is 5.91 Å². The molecular formula is C22H21FN2O3. The molecule has 144 valence electrons. The number of hydrogen-bond donors (Lipinski definition) is 1. The van der Waals surface area contributed by atoms with Crippen molar-refractivity contribution in [3.05, 3.63) is 66.0 Å². The molecule has 0 aliphatic carbocycles. The molecule has 0 aliphatic rings.